The van der Waals surface area contributed by atoms with E-state index in [9.17, 15) is 13.2 Å². The van der Waals surface area contributed by atoms with E-state index in [2.05, 4.69) is 20.6 Å². The number of primary sulfonamides is 1. The molecule has 0 aliphatic rings. The number of ether oxygens (including phenoxy) is 2. The average Bonchev–Trinajstić information content (AvgIpc) is 3.24. The Bertz CT molecular complexity index is 1400. The Hall–Kier alpha value is -4.03. The lowest BCUT2D eigenvalue weighted by molar-refractivity contribution is 0.0946. The number of amides is 1. The van der Waals surface area contributed by atoms with Crippen LogP contribution in [0.3, 0.4) is 0 Å². The van der Waals surface area contributed by atoms with Gasteiger partial charge in [-0.3, -0.25) is 4.79 Å². The van der Waals surface area contributed by atoms with Gasteiger partial charge in [0.05, 0.1) is 18.6 Å². The van der Waals surface area contributed by atoms with E-state index in [0.717, 1.165) is 5.56 Å². The number of fused-ring (bicyclic) bond motifs is 1. The van der Waals surface area contributed by atoms with Crippen LogP contribution in [0.2, 0.25) is 0 Å². The molecule has 12 heteroatoms. The standard InChI is InChI=1S/C21H20N6O5S/c1-31-16-4-2-3-15(13-16)20-25-24-18-9-10-19(26-27(18)20)32-12-11-23-21(28)14-5-7-17(8-6-14)33(22,29)30/h2-10,13H,11-12H2,1H3,(H,23,28)(H2,22,29,30). The Kier molecular flexibility index (Phi) is 6.20. The van der Waals surface area contributed by atoms with Crippen molar-refractivity contribution in [1.29, 1.82) is 0 Å². The second kappa shape index (κ2) is 9.22. The van der Waals surface area contributed by atoms with Gasteiger partial charge < -0.3 is 14.8 Å². The fourth-order valence-electron chi connectivity index (χ4n) is 3.01. The van der Waals surface area contributed by atoms with E-state index >= 15 is 0 Å². The molecule has 170 valence electrons. The molecule has 0 fully saturated rings. The maximum absolute atomic E-state index is 12.2. The fraction of sp³-hybridized carbons (Fsp3) is 0.143. The second-order valence-electron chi connectivity index (χ2n) is 6.87. The third-order valence-electron chi connectivity index (χ3n) is 4.65. The Balaban J connectivity index is 1.38. The van der Waals surface area contributed by atoms with Gasteiger partial charge in [0.2, 0.25) is 15.9 Å². The Morgan fingerprint density at radius 2 is 1.88 bits per heavy atom. The van der Waals surface area contributed by atoms with Crippen molar-refractivity contribution in [3.05, 3.63) is 66.2 Å². The molecule has 0 aliphatic heterocycles. The molecule has 0 aliphatic carbocycles. The van der Waals surface area contributed by atoms with Crippen LogP contribution in [0.1, 0.15) is 10.4 Å². The van der Waals surface area contributed by atoms with Gasteiger partial charge in [-0.1, -0.05) is 12.1 Å². The van der Waals surface area contributed by atoms with Crippen molar-refractivity contribution < 1.29 is 22.7 Å². The zero-order valence-corrected chi connectivity index (χ0v) is 18.3. The molecule has 3 N–H and O–H groups in total. The minimum absolute atomic E-state index is 0.0637. The molecule has 0 bridgehead atoms. The number of nitrogens with one attached hydrogen (secondary N) is 1. The summed E-state index contributed by atoms with van der Waals surface area (Å²) in [5.74, 6) is 1.18. The lowest BCUT2D eigenvalue weighted by Crippen LogP contribution is -2.28. The first-order chi connectivity index (χ1) is 15.8. The van der Waals surface area contributed by atoms with Crippen molar-refractivity contribution in [2.45, 2.75) is 4.90 Å². The molecular weight excluding hydrogens is 448 g/mol. The minimum atomic E-state index is -3.81. The number of nitrogens with two attached hydrogens (primary N) is 1. The SMILES string of the molecule is COc1cccc(-c2nnc3ccc(OCCNC(=O)c4ccc(S(N)(=O)=O)cc4)nn23)c1. The molecule has 0 saturated heterocycles. The predicted molar refractivity (Wildman–Crippen MR) is 118 cm³/mol. The molecule has 2 aromatic carbocycles. The lowest BCUT2D eigenvalue weighted by Gasteiger charge is -2.08. The van der Waals surface area contributed by atoms with Crippen LogP contribution in [0.4, 0.5) is 0 Å². The van der Waals surface area contributed by atoms with E-state index < -0.39 is 10.0 Å². The average molecular weight is 468 g/mol. The summed E-state index contributed by atoms with van der Waals surface area (Å²) in [6, 6.07) is 16.1. The molecule has 2 aromatic heterocycles. The number of aromatic nitrogens is 4. The summed E-state index contributed by atoms with van der Waals surface area (Å²) in [6.07, 6.45) is 0. The molecule has 0 saturated carbocycles. The Morgan fingerprint density at radius 1 is 1.09 bits per heavy atom. The minimum Gasteiger partial charge on any atom is -0.497 e. The zero-order chi connectivity index (χ0) is 23.4. The van der Waals surface area contributed by atoms with Crippen molar-refractivity contribution in [3.63, 3.8) is 0 Å². The summed E-state index contributed by atoms with van der Waals surface area (Å²) in [7, 11) is -2.22. The van der Waals surface area contributed by atoms with Crippen LogP contribution in [-0.4, -0.2) is 54.4 Å². The van der Waals surface area contributed by atoms with Gasteiger partial charge in [0.25, 0.3) is 5.91 Å². The fourth-order valence-corrected chi connectivity index (χ4v) is 3.52. The normalized spacial score (nSPS) is 11.3. The summed E-state index contributed by atoms with van der Waals surface area (Å²) in [5, 5.41) is 20.5. The van der Waals surface area contributed by atoms with Gasteiger partial charge in [0.15, 0.2) is 11.5 Å². The third-order valence-corrected chi connectivity index (χ3v) is 5.58. The number of hydrogen-bond acceptors (Lipinski definition) is 8. The molecule has 4 aromatic rings. The van der Waals surface area contributed by atoms with Gasteiger partial charge in [0, 0.05) is 17.2 Å². The van der Waals surface area contributed by atoms with E-state index in [1.165, 1.54) is 24.3 Å². The summed E-state index contributed by atoms with van der Waals surface area (Å²) < 4.78 is 35.1. The van der Waals surface area contributed by atoms with Gasteiger partial charge in [-0.25, -0.2) is 13.6 Å². The first-order valence-electron chi connectivity index (χ1n) is 9.76. The molecule has 0 atom stereocenters. The highest BCUT2D eigenvalue weighted by atomic mass is 32.2. The summed E-state index contributed by atoms with van der Waals surface area (Å²) in [5.41, 5.74) is 1.64. The monoisotopic (exact) mass is 468 g/mol. The van der Waals surface area contributed by atoms with Gasteiger partial charge in [-0.2, -0.15) is 4.52 Å². The van der Waals surface area contributed by atoms with Crippen LogP contribution in [0, 0.1) is 0 Å². The molecule has 2 heterocycles. The Labute approximate surface area is 189 Å². The van der Waals surface area contributed by atoms with E-state index in [0.29, 0.717) is 28.7 Å². The van der Waals surface area contributed by atoms with E-state index in [1.807, 2.05) is 24.3 Å². The number of sulfonamides is 1. The van der Waals surface area contributed by atoms with Crippen LogP contribution < -0.4 is 19.9 Å². The maximum atomic E-state index is 12.2. The first-order valence-corrected chi connectivity index (χ1v) is 11.3. The molecule has 0 radical (unpaired) electrons. The molecule has 33 heavy (non-hydrogen) atoms. The predicted octanol–water partition coefficient (Wildman–Crippen LogP) is 1.26. The molecule has 11 nitrogen and oxygen atoms in total. The van der Waals surface area contributed by atoms with E-state index in [1.54, 1.807) is 23.8 Å². The number of methoxy groups -OCH3 is 1. The molecule has 1 amide bonds. The number of benzene rings is 2. The van der Waals surface area contributed by atoms with Crippen LogP contribution in [0.15, 0.2) is 65.6 Å². The van der Waals surface area contributed by atoms with Crippen molar-refractivity contribution in [2.75, 3.05) is 20.3 Å². The first kappa shape index (κ1) is 22.2. The largest absolute Gasteiger partial charge is 0.497 e. The van der Waals surface area contributed by atoms with Gasteiger partial charge in [-0.15, -0.1) is 15.3 Å². The van der Waals surface area contributed by atoms with Crippen molar-refractivity contribution in [1.82, 2.24) is 25.1 Å². The molecule has 0 spiro atoms. The van der Waals surface area contributed by atoms with Crippen LogP contribution in [0.5, 0.6) is 11.6 Å². The summed E-state index contributed by atoms with van der Waals surface area (Å²) in [4.78, 5) is 12.2. The van der Waals surface area contributed by atoms with Crippen molar-refractivity contribution >= 4 is 21.6 Å². The smallest absolute Gasteiger partial charge is 0.251 e. The molecule has 4 rings (SSSR count). The molecule has 0 unspecified atom stereocenters. The van der Waals surface area contributed by atoms with Gasteiger partial charge in [-0.05, 0) is 42.5 Å². The zero-order valence-electron chi connectivity index (χ0n) is 17.5. The highest BCUT2D eigenvalue weighted by Gasteiger charge is 2.12. The van der Waals surface area contributed by atoms with E-state index in [4.69, 9.17) is 14.6 Å². The third kappa shape index (κ3) is 5.07. The van der Waals surface area contributed by atoms with Crippen LogP contribution in [0.25, 0.3) is 17.0 Å². The quantitative estimate of drug-likeness (QED) is 0.367. The highest BCUT2D eigenvalue weighted by molar-refractivity contribution is 7.89. The maximum Gasteiger partial charge on any atom is 0.251 e. The van der Waals surface area contributed by atoms with Crippen molar-refractivity contribution in [3.8, 4) is 23.0 Å². The highest BCUT2D eigenvalue weighted by Crippen LogP contribution is 2.23. The number of carbonyl (C=O) groups is 1. The van der Waals surface area contributed by atoms with Crippen LogP contribution in [-0.2, 0) is 10.0 Å². The lowest BCUT2D eigenvalue weighted by atomic mass is 10.2. The molecular formula is C21H20N6O5S. The van der Waals surface area contributed by atoms with Crippen LogP contribution >= 0.6 is 0 Å². The number of nitrogens with zero attached hydrogens (tertiary/aromatic N) is 4. The van der Waals surface area contributed by atoms with Gasteiger partial charge in [0.1, 0.15) is 12.4 Å². The van der Waals surface area contributed by atoms with Crippen molar-refractivity contribution in [2.24, 2.45) is 5.14 Å². The summed E-state index contributed by atoms with van der Waals surface area (Å²) >= 11 is 0. The van der Waals surface area contributed by atoms with E-state index in [-0.39, 0.29) is 24.0 Å². The summed E-state index contributed by atoms with van der Waals surface area (Å²) in [6.45, 7) is 0.372. The number of carbonyl (C=O) groups excluding carboxylic acids is 1. The topological polar surface area (TPSA) is 151 Å². The number of rotatable bonds is 8. The number of hydrogen-bond donors (Lipinski definition) is 2. The Morgan fingerprint density at radius 3 is 2.61 bits per heavy atom. The second-order valence-corrected chi connectivity index (χ2v) is 8.43. The van der Waals surface area contributed by atoms with Gasteiger partial charge >= 0.3 is 0 Å².